The van der Waals surface area contributed by atoms with E-state index in [0.717, 1.165) is 18.7 Å². The summed E-state index contributed by atoms with van der Waals surface area (Å²) < 4.78 is 29.6. The van der Waals surface area contributed by atoms with Gasteiger partial charge in [-0.25, -0.2) is 8.42 Å². The molecule has 23 heavy (non-hydrogen) atoms. The van der Waals surface area contributed by atoms with E-state index in [1.165, 1.54) is 0 Å². The third-order valence-corrected chi connectivity index (χ3v) is 5.04. The Labute approximate surface area is 138 Å². The normalized spacial score (nSPS) is 17.3. The van der Waals surface area contributed by atoms with Crippen molar-refractivity contribution in [2.24, 2.45) is 0 Å². The van der Waals surface area contributed by atoms with E-state index in [0.29, 0.717) is 26.4 Å². The summed E-state index contributed by atoms with van der Waals surface area (Å²) in [5.41, 5.74) is 1.08. The molecular formula is C16H26N2O4S. The van der Waals surface area contributed by atoms with Crippen molar-refractivity contribution in [3.63, 3.8) is 0 Å². The van der Waals surface area contributed by atoms with E-state index in [4.69, 9.17) is 9.57 Å². The molecular weight excluding hydrogens is 316 g/mol. The average molecular weight is 342 g/mol. The number of morpholine rings is 1. The highest BCUT2D eigenvalue weighted by Gasteiger charge is 2.18. The highest BCUT2D eigenvalue weighted by atomic mass is 32.2. The maximum Gasteiger partial charge on any atom is 0.262 e. The summed E-state index contributed by atoms with van der Waals surface area (Å²) in [5, 5.41) is 0. The molecule has 0 radical (unpaired) electrons. The van der Waals surface area contributed by atoms with E-state index in [1.54, 1.807) is 12.1 Å². The molecule has 0 atom stereocenters. The maximum absolute atomic E-state index is 12.2. The molecule has 1 aliphatic heterocycles. The molecule has 2 rings (SSSR count). The second-order valence-corrected chi connectivity index (χ2v) is 8.31. The van der Waals surface area contributed by atoms with E-state index in [2.05, 4.69) is 30.6 Å². The summed E-state index contributed by atoms with van der Waals surface area (Å²) in [5.74, 6) is 0. The van der Waals surface area contributed by atoms with Crippen molar-refractivity contribution < 1.29 is 18.0 Å². The van der Waals surface area contributed by atoms with Crippen LogP contribution in [-0.2, 0) is 25.0 Å². The zero-order valence-electron chi connectivity index (χ0n) is 14.0. The molecule has 0 aromatic heterocycles. The first-order valence-corrected chi connectivity index (χ1v) is 9.31. The van der Waals surface area contributed by atoms with Gasteiger partial charge in [-0.2, -0.15) is 0 Å². The number of hydrogen-bond donors (Lipinski definition) is 1. The number of hydrogen-bond acceptors (Lipinski definition) is 5. The zero-order valence-corrected chi connectivity index (χ0v) is 14.9. The Balaban J connectivity index is 1.83. The van der Waals surface area contributed by atoms with Crippen LogP contribution in [0.1, 0.15) is 26.3 Å². The lowest BCUT2D eigenvalue weighted by Crippen LogP contribution is -2.39. The topological polar surface area (TPSA) is 67.9 Å². The van der Waals surface area contributed by atoms with E-state index in [1.807, 2.05) is 12.1 Å². The number of sulfonamides is 1. The molecule has 6 nitrogen and oxygen atoms in total. The van der Waals surface area contributed by atoms with Crippen LogP contribution < -0.4 is 4.89 Å². The van der Waals surface area contributed by atoms with Gasteiger partial charge in [-0.05, 0) is 23.1 Å². The van der Waals surface area contributed by atoms with Gasteiger partial charge in [0.1, 0.15) is 0 Å². The largest absolute Gasteiger partial charge is 0.379 e. The predicted molar refractivity (Wildman–Crippen MR) is 88.7 cm³/mol. The van der Waals surface area contributed by atoms with Crippen molar-refractivity contribution in [1.82, 2.24) is 9.79 Å². The van der Waals surface area contributed by atoms with Crippen molar-refractivity contribution >= 4 is 10.0 Å². The van der Waals surface area contributed by atoms with Gasteiger partial charge in [-0.15, -0.1) is 0 Å². The standard InChI is InChI=1S/C16H26N2O4S/c1-16(2,3)14-4-6-15(7-5-14)23(19,20)17-22-13-10-18-8-11-21-12-9-18/h4-7,17H,8-13H2,1-3H3. The van der Waals surface area contributed by atoms with Crippen LogP contribution in [0.2, 0.25) is 0 Å². The molecule has 130 valence electrons. The first kappa shape index (κ1) is 18.4. The van der Waals surface area contributed by atoms with Crippen LogP contribution in [0.5, 0.6) is 0 Å². The van der Waals surface area contributed by atoms with E-state index in [-0.39, 0.29) is 10.3 Å². The third-order valence-electron chi connectivity index (χ3n) is 3.81. The van der Waals surface area contributed by atoms with Crippen LogP contribution in [0.3, 0.4) is 0 Å². The minimum atomic E-state index is -3.64. The van der Waals surface area contributed by atoms with Gasteiger partial charge in [0, 0.05) is 19.6 Å². The number of nitrogens with one attached hydrogen (secondary N) is 1. The number of benzene rings is 1. The van der Waals surface area contributed by atoms with Crippen molar-refractivity contribution in [3.05, 3.63) is 29.8 Å². The Kier molecular flexibility index (Phi) is 6.16. The second-order valence-electron chi connectivity index (χ2n) is 6.66. The summed E-state index contributed by atoms with van der Waals surface area (Å²) >= 11 is 0. The lowest BCUT2D eigenvalue weighted by molar-refractivity contribution is 0.0125. The van der Waals surface area contributed by atoms with Crippen molar-refractivity contribution in [2.75, 3.05) is 39.5 Å². The lowest BCUT2D eigenvalue weighted by Gasteiger charge is -2.26. The third kappa shape index (κ3) is 5.54. The van der Waals surface area contributed by atoms with Gasteiger partial charge in [0.15, 0.2) is 0 Å². The molecule has 1 N–H and O–H groups in total. The van der Waals surface area contributed by atoms with Crippen LogP contribution >= 0.6 is 0 Å². The summed E-state index contributed by atoms with van der Waals surface area (Å²) in [6, 6.07) is 6.88. The van der Waals surface area contributed by atoms with E-state index >= 15 is 0 Å². The Morgan fingerprint density at radius 1 is 1.17 bits per heavy atom. The van der Waals surface area contributed by atoms with E-state index in [9.17, 15) is 8.42 Å². The molecule has 0 unspecified atom stereocenters. The Bertz CT molecular complexity index is 588. The minimum absolute atomic E-state index is 0.00955. The highest BCUT2D eigenvalue weighted by molar-refractivity contribution is 7.89. The Morgan fingerprint density at radius 2 is 1.78 bits per heavy atom. The number of ether oxygens (including phenoxy) is 1. The van der Waals surface area contributed by atoms with Gasteiger partial charge in [-0.1, -0.05) is 37.8 Å². The molecule has 1 saturated heterocycles. The van der Waals surface area contributed by atoms with Crippen LogP contribution in [0.25, 0.3) is 0 Å². The maximum atomic E-state index is 12.2. The minimum Gasteiger partial charge on any atom is -0.379 e. The first-order valence-electron chi connectivity index (χ1n) is 7.83. The fourth-order valence-corrected chi connectivity index (χ4v) is 3.13. The molecule has 0 bridgehead atoms. The monoisotopic (exact) mass is 342 g/mol. The fraction of sp³-hybridized carbons (Fsp3) is 0.625. The van der Waals surface area contributed by atoms with Crippen molar-refractivity contribution in [3.8, 4) is 0 Å². The molecule has 1 aliphatic rings. The number of nitrogens with zero attached hydrogens (tertiary/aromatic N) is 1. The zero-order chi connectivity index (χ0) is 16.9. The lowest BCUT2D eigenvalue weighted by atomic mass is 9.87. The summed E-state index contributed by atoms with van der Waals surface area (Å²) in [7, 11) is -3.64. The van der Waals surface area contributed by atoms with Gasteiger partial charge in [0.05, 0.1) is 24.7 Å². The molecule has 1 aromatic rings. The molecule has 1 heterocycles. The molecule has 1 fully saturated rings. The first-order chi connectivity index (χ1) is 10.8. The van der Waals surface area contributed by atoms with Gasteiger partial charge in [-0.3, -0.25) is 9.74 Å². The van der Waals surface area contributed by atoms with Crippen LogP contribution in [0.15, 0.2) is 29.2 Å². The molecule has 0 spiro atoms. The highest BCUT2D eigenvalue weighted by Crippen LogP contribution is 2.23. The van der Waals surface area contributed by atoms with Crippen LogP contribution in [-0.4, -0.2) is 52.8 Å². The smallest absolute Gasteiger partial charge is 0.262 e. The van der Waals surface area contributed by atoms with E-state index < -0.39 is 10.0 Å². The summed E-state index contributed by atoms with van der Waals surface area (Å²) in [6.45, 7) is 10.4. The van der Waals surface area contributed by atoms with Gasteiger partial charge >= 0.3 is 0 Å². The molecule has 0 amide bonds. The van der Waals surface area contributed by atoms with Crippen LogP contribution in [0, 0.1) is 0 Å². The average Bonchev–Trinajstić information content (AvgIpc) is 2.52. The van der Waals surface area contributed by atoms with Crippen molar-refractivity contribution in [1.29, 1.82) is 0 Å². The SMILES string of the molecule is CC(C)(C)c1ccc(S(=O)(=O)NOCCN2CCOCC2)cc1. The Hall–Kier alpha value is -0.990. The van der Waals surface area contributed by atoms with Gasteiger partial charge in [0.2, 0.25) is 0 Å². The number of rotatable bonds is 6. The quantitative estimate of drug-likeness (QED) is 0.627. The molecule has 1 aromatic carbocycles. The fourth-order valence-electron chi connectivity index (χ4n) is 2.30. The van der Waals surface area contributed by atoms with Crippen LogP contribution in [0.4, 0.5) is 0 Å². The second kappa shape index (κ2) is 7.72. The summed E-state index contributed by atoms with van der Waals surface area (Å²) in [6.07, 6.45) is 0. The molecule has 7 heteroatoms. The molecule has 0 aliphatic carbocycles. The predicted octanol–water partition coefficient (Wildman–Crippen LogP) is 1.53. The van der Waals surface area contributed by atoms with Gasteiger partial charge < -0.3 is 4.74 Å². The molecule has 0 saturated carbocycles. The summed E-state index contributed by atoms with van der Waals surface area (Å²) in [4.78, 5) is 9.70. The Morgan fingerprint density at radius 3 is 2.35 bits per heavy atom. The van der Waals surface area contributed by atoms with Gasteiger partial charge in [0.25, 0.3) is 10.0 Å². The van der Waals surface area contributed by atoms with Crippen molar-refractivity contribution in [2.45, 2.75) is 31.1 Å².